The fourth-order valence-corrected chi connectivity index (χ4v) is 6.18. The van der Waals surface area contributed by atoms with Crippen molar-refractivity contribution < 1.29 is 14.0 Å². The molecule has 0 fully saturated rings. The number of amides is 2. The first-order valence-corrected chi connectivity index (χ1v) is 15.2. The zero-order valence-electron chi connectivity index (χ0n) is 26.4. The van der Waals surface area contributed by atoms with Crippen LogP contribution >= 0.6 is 0 Å². The molecule has 6 rings (SSSR count). The highest BCUT2D eigenvalue weighted by Crippen LogP contribution is 2.39. The second-order valence-electron chi connectivity index (χ2n) is 12.1. The van der Waals surface area contributed by atoms with Crippen LogP contribution in [0.3, 0.4) is 0 Å². The number of hydrogen-bond acceptors (Lipinski definition) is 6. The molecule has 1 aliphatic rings. The van der Waals surface area contributed by atoms with Gasteiger partial charge in [0.25, 0.3) is 5.56 Å². The predicted octanol–water partition coefficient (Wildman–Crippen LogP) is 5.15. The summed E-state index contributed by atoms with van der Waals surface area (Å²) in [6, 6.07) is 17.8. The fraction of sp³-hybridized carbons (Fsp3) is 0.314. The van der Waals surface area contributed by atoms with Crippen molar-refractivity contribution in [3.05, 3.63) is 107 Å². The summed E-state index contributed by atoms with van der Waals surface area (Å²) in [6.45, 7) is 9.81. The Kier molecular flexibility index (Phi) is 7.92. The molecule has 5 aromatic rings. The molecule has 0 saturated carbocycles. The quantitative estimate of drug-likeness (QED) is 0.216. The molecular formula is C35H38N6O4. The number of hydrogen-bond donors (Lipinski definition) is 0. The Balaban J connectivity index is 1.35. The van der Waals surface area contributed by atoms with Crippen LogP contribution in [0.4, 0.5) is 11.4 Å². The Morgan fingerprint density at radius 1 is 0.911 bits per heavy atom. The van der Waals surface area contributed by atoms with Crippen molar-refractivity contribution in [2.45, 2.75) is 47.3 Å². The van der Waals surface area contributed by atoms with E-state index in [0.29, 0.717) is 55.1 Å². The van der Waals surface area contributed by atoms with Crippen molar-refractivity contribution in [1.82, 2.24) is 19.0 Å². The van der Waals surface area contributed by atoms with Gasteiger partial charge in [0.2, 0.25) is 11.8 Å². The SMILES string of the molecule is CCN1C(=O)C(C)(C)C(=O)N(C)c2cc(CN(CCn3ccc4oc(C)cc4c3=O)Cc3ccccc3-n3ccnc3)ccc21. The summed E-state index contributed by atoms with van der Waals surface area (Å²) in [7, 11) is 1.73. The maximum absolute atomic E-state index is 13.4. The lowest BCUT2D eigenvalue weighted by Gasteiger charge is -2.27. The molecule has 45 heavy (non-hydrogen) atoms. The first-order chi connectivity index (χ1) is 21.6. The smallest absolute Gasteiger partial charge is 0.261 e. The van der Waals surface area contributed by atoms with Gasteiger partial charge in [0, 0.05) is 58.4 Å². The number of aromatic nitrogens is 3. The molecule has 10 heteroatoms. The third-order valence-corrected chi connectivity index (χ3v) is 8.64. The molecule has 232 valence electrons. The van der Waals surface area contributed by atoms with Gasteiger partial charge in [-0.25, -0.2) is 4.98 Å². The molecule has 0 radical (unpaired) electrons. The number of para-hydroxylation sites is 1. The minimum Gasteiger partial charge on any atom is -0.461 e. The average Bonchev–Trinajstić information content (AvgIpc) is 3.70. The number of fused-ring (bicyclic) bond motifs is 2. The number of furan rings is 1. The molecule has 0 bridgehead atoms. The lowest BCUT2D eigenvalue weighted by Crippen LogP contribution is -2.47. The number of imidazole rings is 1. The maximum Gasteiger partial charge on any atom is 0.261 e. The van der Waals surface area contributed by atoms with E-state index in [1.54, 1.807) is 60.0 Å². The van der Waals surface area contributed by atoms with Crippen molar-refractivity contribution in [1.29, 1.82) is 0 Å². The number of nitrogens with zero attached hydrogens (tertiary/aromatic N) is 6. The summed E-state index contributed by atoms with van der Waals surface area (Å²) < 4.78 is 9.38. The molecule has 0 aliphatic carbocycles. The third-order valence-electron chi connectivity index (χ3n) is 8.64. The van der Waals surface area contributed by atoms with E-state index in [1.165, 1.54) is 0 Å². The molecule has 0 saturated heterocycles. The van der Waals surface area contributed by atoms with Crippen LogP contribution in [-0.2, 0) is 29.2 Å². The Labute approximate surface area is 262 Å². The van der Waals surface area contributed by atoms with Gasteiger partial charge in [-0.15, -0.1) is 0 Å². The molecule has 4 heterocycles. The Morgan fingerprint density at radius 3 is 2.47 bits per heavy atom. The van der Waals surface area contributed by atoms with Crippen LogP contribution in [0.15, 0.2) is 88.7 Å². The zero-order valence-corrected chi connectivity index (χ0v) is 26.4. The minimum atomic E-state index is -1.17. The van der Waals surface area contributed by atoms with E-state index < -0.39 is 5.41 Å². The van der Waals surface area contributed by atoms with Crippen molar-refractivity contribution in [2.24, 2.45) is 5.41 Å². The predicted molar refractivity (Wildman–Crippen MR) is 175 cm³/mol. The molecule has 10 nitrogen and oxygen atoms in total. The van der Waals surface area contributed by atoms with Gasteiger partial charge in [-0.3, -0.25) is 19.3 Å². The highest BCUT2D eigenvalue weighted by molar-refractivity contribution is 6.19. The highest BCUT2D eigenvalue weighted by Gasteiger charge is 2.45. The number of rotatable bonds is 9. The van der Waals surface area contributed by atoms with Gasteiger partial charge in [-0.05, 0) is 69.2 Å². The van der Waals surface area contributed by atoms with Gasteiger partial charge < -0.3 is 23.4 Å². The average molecular weight is 607 g/mol. The Hall–Kier alpha value is -4.96. The molecule has 0 spiro atoms. The molecular weight excluding hydrogens is 568 g/mol. The number of carbonyl (C=O) groups excluding carboxylic acids is 2. The van der Waals surface area contributed by atoms with Crippen LogP contribution in [-0.4, -0.2) is 51.0 Å². The van der Waals surface area contributed by atoms with E-state index in [1.807, 2.05) is 61.0 Å². The fourth-order valence-electron chi connectivity index (χ4n) is 6.18. The van der Waals surface area contributed by atoms with Gasteiger partial charge in [0.05, 0.1) is 28.8 Å². The van der Waals surface area contributed by atoms with Gasteiger partial charge in [-0.2, -0.15) is 0 Å². The number of anilines is 2. The van der Waals surface area contributed by atoms with Crippen LogP contribution in [0.1, 0.15) is 37.7 Å². The summed E-state index contributed by atoms with van der Waals surface area (Å²) in [6.07, 6.45) is 7.25. The van der Waals surface area contributed by atoms with Crippen LogP contribution in [0, 0.1) is 12.3 Å². The minimum absolute atomic E-state index is 0.0831. The normalized spacial score (nSPS) is 14.8. The monoisotopic (exact) mass is 606 g/mol. The van der Waals surface area contributed by atoms with Gasteiger partial charge in [0.15, 0.2) is 0 Å². The second kappa shape index (κ2) is 11.9. The van der Waals surface area contributed by atoms with E-state index in [0.717, 1.165) is 22.5 Å². The van der Waals surface area contributed by atoms with Crippen molar-refractivity contribution >= 4 is 34.2 Å². The third kappa shape index (κ3) is 5.57. The highest BCUT2D eigenvalue weighted by atomic mass is 16.3. The first-order valence-electron chi connectivity index (χ1n) is 15.2. The number of aryl methyl sites for hydroxylation is 1. The lowest BCUT2D eigenvalue weighted by molar-refractivity contribution is -0.137. The molecule has 2 aromatic carbocycles. The molecule has 1 aliphatic heterocycles. The summed E-state index contributed by atoms with van der Waals surface area (Å²) >= 11 is 0. The Bertz CT molecular complexity index is 1940. The van der Waals surface area contributed by atoms with E-state index in [2.05, 4.69) is 22.0 Å². The standard InChI is InChI=1S/C35H38N6O4/c1-6-41-29-12-11-25(20-30(29)37(5)33(43)35(3,4)34(41)44)21-38(22-26-9-7-8-10-28(26)40-16-14-36-23-40)17-18-39-15-13-31-27(32(39)42)19-24(2)45-31/h7-16,19-20,23H,6,17-18,21-22H2,1-5H3. The first kappa shape index (κ1) is 30.1. The van der Waals surface area contributed by atoms with Crippen LogP contribution in [0.5, 0.6) is 0 Å². The lowest BCUT2D eigenvalue weighted by atomic mass is 9.90. The van der Waals surface area contributed by atoms with Crippen molar-refractivity contribution in [3.63, 3.8) is 0 Å². The summed E-state index contributed by atoms with van der Waals surface area (Å²) in [5.74, 6) is 0.259. The molecule has 3 aromatic heterocycles. The van der Waals surface area contributed by atoms with Gasteiger partial charge >= 0.3 is 0 Å². The summed E-state index contributed by atoms with van der Waals surface area (Å²) in [5, 5.41) is 0.573. The largest absolute Gasteiger partial charge is 0.461 e. The molecule has 0 atom stereocenters. The van der Waals surface area contributed by atoms with Crippen LogP contribution in [0.2, 0.25) is 0 Å². The van der Waals surface area contributed by atoms with Crippen LogP contribution in [0.25, 0.3) is 16.7 Å². The topological polar surface area (TPSA) is 96.8 Å². The van der Waals surface area contributed by atoms with E-state index in [4.69, 9.17) is 4.42 Å². The summed E-state index contributed by atoms with van der Waals surface area (Å²) in [4.78, 5) is 49.9. The zero-order chi connectivity index (χ0) is 31.9. The summed E-state index contributed by atoms with van der Waals surface area (Å²) in [5.41, 5.74) is 3.88. The number of benzene rings is 2. The number of carbonyl (C=O) groups is 2. The van der Waals surface area contributed by atoms with Gasteiger partial charge in [-0.1, -0.05) is 24.3 Å². The maximum atomic E-state index is 13.4. The molecule has 0 unspecified atom stereocenters. The van der Waals surface area contributed by atoms with E-state index in [-0.39, 0.29) is 17.4 Å². The van der Waals surface area contributed by atoms with Crippen LogP contribution < -0.4 is 15.4 Å². The van der Waals surface area contributed by atoms with Crippen molar-refractivity contribution in [2.75, 3.05) is 29.9 Å². The second-order valence-corrected chi connectivity index (χ2v) is 12.1. The van der Waals surface area contributed by atoms with E-state index in [9.17, 15) is 14.4 Å². The van der Waals surface area contributed by atoms with Crippen molar-refractivity contribution in [3.8, 4) is 5.69 Å². The van der Waals surface area contributed by atoms with E-state index >= 15 is 0 Å². The van der Waals surface area contributed by atoms with Gasteiger partial charge in [0.1, 0.15) is 16.8 Å². The molecule has 2 amide bonds. The number of pyridine rings is 1. The molecule has 0 N–H and O–H groups in total. The Morgan fingerprint density at radius 2 is 1.71 bits per heavy atom.